The van der Waals surface area contributed by atoms with Crippen LogP contribution < -0.4 is 0 Å². The van der Waals surface area contributed by atoms with Gasteiger partial charge in [0.05, 0.1) is 6.67 Å². The fourth-order valence-electron chi connectivity index (χ4n) is 1.17. The maximum absolute atomic E-state index is 11.8. The van der Waals surface area contributed by atoms with E-state index in [1.54, 1.807) is 0 Å². The number of alkyl halides is 1. The van der Waals surface area contributed by atoms with E-state index in [0.717, 1.165) is 12.8 Å². The molecule has 0 spiro atoms. The number of Topliss-reactive ketones (excluding diaryl/α,β-unsaturated/α-hetero) is 1. The number of carbonyl (C=O) groups excluding carboxylic acids is 1. The predicted molar refractivity (Wildman–Crippen MR) is 48.9 cm³/mol. The molecule has 0 aliphatic heterocycles. The first-order valence-corrected chi connectivity index (χ1v) is 4.70. The SMILES string of the molecule is CCC(C)(CC)C(=O)CCCF. The number of hydrogen-bond donors (Lipinski definition) is 0. The largest absolute Gasteiger partial charge is 0.299 e. The van der Waals surface area contributed by atoms with Gasteiger partial charge in [0.25, 0.3) is 0 Å². The van der Waals surface area contributed by atoms with E-state index < -0.39 is 0 Å². The molecule has 0 aliphatic carbocycles. The summed E-state index contributed by atoms with van der Waals surface area (Å²) in [5, 5.41) is 0. The Hall–Kier alpha value is -0.400. The maximum atomic E-state index is 11.8. The Morgan fingerprint density at radius 2 is 1.83 bits per heavy atom. The summed E-state index contributed by atoms with van der Waals surface area (Å²) in [5.41, 5.74) is -0.213. The Kier molecular flexibility index (Phi) is 5.11. The van der Waals surface area contributed by atoms with Crippen LogP contribution in [0, 0.1) is 5.41 Å². The van der Waals surface area contributed by atoms with Crippen molar-refractivity contribution in [3.8, 4) is 0 Å². The molecule has 72 valence electrons. The van der Waals surface area contributed by atoms with E-state index >= 15 is 0 Å². The van der Waals surface area contributed by atoms with Gasteiger partial charge < -0.3 is 0 Å². The van der Waals surface area contributed by atoms with Crippen molar-refractivity contribution in [1.82, 2.24) is 0 Å². The van der Waals surface area contributed by atoms with Crippen LogP contribution in [0.4, 0.5) is 4.39 Å². The van der Waals surface area contributed by atoms with Crippen LogP contribution in [0.1, 0.15) is 46.5 Å². The van der Waals surface area contributed by atoms with Crippen molar-refractivity contribution >= 4 is 5.78 Å². The average molecular weight is 174 g/mol. The van der Waals surface area contributed by atoms with Crippen molar-refractivity contribution in [2.75, 3.05) is 6.67 Å². The van der Waals surface area contributed by atoms with Crippen LogP contribution in [0.5, 0.6) is 0 Å². The van der Waals surface area contributed by atoms with E-state index in [1.807, 2.05) is 20.8 Å². The van der Waals surface area contributed by atoms with Crippen molar-refractivity contribution in [2.24, 2.45) is 5.41 Å². The minimum absolute atomic E-state index is 0.213. The van der Waals surface area contributed by atoms with Crippen LogP contribution in [-0.4, -0.2) is 12.5 Å². The van der Waals surface area contributed by atoms with E-state index in [1.165, 1.54) is 0 Å². The van der Waals surface area contributed by atoms with Crippen molar-refractivity contribution in [3.05, 3.63) is 0 Å². The monoisotopic (exact) mass is 174 g/mol. The summed E-state index contributed by atoms with van der Waals surface area (Å²) in [5.74, 6) is 0.213. The van der Waals surface area contributed by atoms with E-state index in [9.17, 15) is 9.18 Å². The summed E-state index contributed by atoms with van der Waals surface area (Å²) in [6, 6.07) is 0. The van der Waals surface area contributed by atoms with Gasteiger partial charge in [-0.2, -0.15) is 0 Å². The molecule has 0 aliphatic rings. The van der Waals surface area contributed by atoms with E-state index in [2.05, 4.69) is 0 Å². The Bertz CT molecular complexity index is 139. The van der Waals surface area contributed by atoms with Gasteiger partial charge in [-0.1, -0.05) is 20.8 Å². The highest BCUT2D eigenvalue weighted by atomic mass is 19.1. The summed E-state index contributed by atoms with van der Waals surface area (Å²) in [6.07, 6.45) is 2.49. The molecule has 0 saturated carbocycles. The molecule has 1 nitrogen and oxygen atoms in total. The quantitative estimate of drug-likeness (QED) is 0.604. The van der Waals surface area contributed by atoms with Crippen molar-refractivity contribution < 1.29 is 9.18 Å². The molecule has 0 aromatic heterocycles. The molecule has 0 atom stereocenters. The Balaban J connectivity index is 4.03. The normalized spacial score (nSPS) is 11.7. The molecule has 0 radical (unpaired) electrons. The molecule has 0 aromatic rings. The predicted octanol–water partition coefficient (Wildman–Crippen LogP) is 3.13. The highest BCUT2D eigenvalue weighted by Crippen LogP contribution is 2.28. The first-order valence-electron chi connectivity index (χ1n) is 4.70. The summed E-state index contributed by atoms with van der Waals surface area (Å²) >= 11 is 0. The third-order valence-corrected chi connectivity index (χ3v) is 2.77. The molecule has 0 amide bonds. The third kappa shape index (κ3) is 2.92. The molecule has 0 aromatic carbocycles. The first kappa shape index (κ1) is 11.6. The summed E-state index contributed by atoms with van der Waals surface area (Å²) in [7, 11) is 0. The zero-order valence-electron chi connectivity index (χ0n) is 8.32. The second kappa shape index (κ2) is 5.28. The summed E-state index contributed by atoms with van der Waals surface area (Å²) < 4.78 is 11.8. The van der Waals surface area contributed by atoms with Gasteiger partial charge in [0.1, 0.15) is 5.78 Å². The van der Waals surface area contributed by atoms with Gasteiger partial charge in [-0.05, 0) is 19.3 Å². The number of carbonyl (C=O) groups is 1. The molecule has 2 heteroatoms. The fourth-order valence-corrected chi connectivity index (χ4v) is 1.17. The van der Waals surface area contributed by atoms with Gasteiger partial charge in [-0.3, -0.25) is 9.18 Å². The standard InChI is InChI=1S/C10H19FO/c1-4-10(3,5-2)9(12)7-6-8-11/h4-8H2,1-3H3. The Morgan fingerprint density at radius 1 is 1.33 bits per heavy atom. The van der Waals surface area contributed by atoms with Gasteiger partial charge in [0.15, 0.2) is 0 Å². The molecule has 0 unspecified atom stereocenters. The first-order chi connectivity index (χ1) is 5.60. The molecule has 0 bridgehead atoms. The smallest absolute Gasteiger partial charge is 0.138 e. The minimum atomic E-state index is -0.380. The minimum Gasteiger partial charge on any atom is -0.299 e. The van der Waals surface area contributed by atoms with E-state index in [-0.39, 0.29) is 17.9 Å². The molecule has 0 heterocycles. The summed E-state index contributed by atoms with van der Waals surface area (Å²) in [6.45, 7) is 5.61. The van der Waals surface area contributed by atoms with Crippen LogP contribution in [0.25, 0.3) is 0 Å². The van der Waals surface area contributed by atoms with Crippen molar-refractivity contribution in [3.63, 3.8) is 0 Å². The van der Waals surface area contributed by atoms with Gasteiger partial charge in [-0.25, -0.2) is 0 Å². The molecular weight excluding hydrogens is 155 g/mol. The van der Waals surface area contributed by atoms with Crippen LogP contribution in [0.15, 0.2) is 0 Å². The third-order valence-electron chi connectivity index (χ3n) is 2.77. The maximum Gasteiger partial charge on any atom is 0.138 e. The number of ketones is 1. The van der Waals surface area contributed by atoms with Gasteiger partial charge in [0, 0.05) is 11.8 Å². The molecule has 0 saturated heterocycles. The van der Waals surface area contributed by atoms with Crippen molar-refractivity contribution in [2.45, 2.75) is 46.5 Å². The van der Waals surface area contributed by atoms with Crippen LogP contribution >= 0.6 is 0 Å². The van der Waals surface area contributed by atoms with Crippen molar-refractivity contribution in [1.29, 1.82) is 0 Å². The number of rotatable bonds is 6. The molecular formula is C10H19FO. The lowest BCUT2D eigenvalue weighted by atomic mass is 9.79. The lowest BCUT2D eigenvalue weighted by molar-refractivity contribution is -0.128. The highest BCUT2D eigenvalue weighted by molar-refractivity contribution is 5.84. The Labute approximate surface area is 74.4 Å². The van der Waals surface area contributed by atoms with Gasteiger partial charge in [-0.15, -0.1) is 0 Å². The topological polar surface area (TPSA) is 17.1 Å². The van der Waals surface area contributed by atoms with Gasteiger partial charge >= 0.3 is 0 Å². The highest BCUT2D eigenvalue weighted by Gasteiger charge is 2.27. The number of halogens is 1. The second-order valence-electron chi connectivity index (χ2n) is 3.48. The molecule has 0 rings (SSSR count). The van der Waals surface area contributed by atoms with Crippen LogP contribution in [0.3, 0.4) is 0 Å². The molecule has 0 N–H and O–H groups in total. The van der Waals surface area contributed by atoms with Crippen LogP contribution in [-0.2, 0) is 4.79 Å². The zero-order valence-corrected chi connectivity index (χ0v) is 8.32. The zero-order chi connectivity index (χ0) is 9.61. The lowest BCUT2D eigenvalue weighted by Crippen LogP contribution is -2.26. The second-order valence-corrected chi connectivity index (χ2v) is 3.48. The average Bonchev–Trinajstić information content (AvgIpc) is 2.12. The molecule has 0 fully saturated rings. The van der Waals surface area contributed by atoms with Crippen LogP contribution in [0.2, 0.25) is 0 Å². The fraction of sp³-hybridized carbons (Fsp3) is 0.900. The number of hydrogen-bond acceptors (Lipinski definition) is 1. The van der Waals surface area contributed by atoms with E-state index in [4.69, 9.17) is 0 Å². The molecule has 12 heavy (non-hydrogen) atoms. The Morgan fingerprint density at radius 3 is 2.17 bits per heavy atom. The van der Waals surface area contributed by atoms with Gasteiger partial charge in [0.2, 0.25) is 0 Å². The lowest BCUT2D eigenvalue weighted by Gasteiger charge is -2.24. The summed E-state index contributed by atoms with van der Waals surface area (Å²) in [4.78, 5) is 11.5. The van der Waals surface area contributed by atoms with E-state index in [0.29, 0.717) is 12.8 Å².